The van der Waals surface area contributed by atoms with E-state index in [1.54, 1.807) is 0 Å². The van der Waals surface area contributed by atoms with E-state index in [1.807, 2.05) is 0 Å². The highest BCUT2D eigenvalue weighted by Gasteiger charge is 2.43. The van der Waals surface area contributed by atoms with Crippen LogP contribution >= 0.6 is 0 Å². The molecule has 126 valence electrons. The third-order valence-electron chi connectivity index (χ3n) is 5.86. The number of unbranched alkanes of at least 4 members (excludes halogenated alkanes) is 1. The van der Waals surface area contributed by atoms with E-state index in [0.717, 1.165) is 11.8 Å². The van der Waals surface area contributed by atoms with Gasteiger partial charge in [0.1, 0.15) is 0 Å². The van der Waals surface area contributed by atoms with Crippen molar-refractivity contribution in [3.8, 4) is 0 Å². The highest BCUT2D eigenvalue weighted by Crippen LogP contribution is 2.40. The van der Waals surface area contributed by atoms with E-state index >= 15 is 0 Å². The molecule has 1 saturated carbocycles. The van der Waals surface area contributed by atoms with Crippen molar-refractivity contribution in [1.29, 1.82) is 0 Å². The van der Waals surface area contributed by atoms with Gasteiger partial charge in [0.05, 0.1) is 0 Å². The fraction of sp³-hybridized carbons (Fsp3) is 1.00. The average Bonchev–Trinajstić information content (AvgIpc) is 2.47. The van der Waals surface area contributed by atoms with Crippen LogP contribution in [0.1, 0.15) is 78.6 Å². The number of hydrogen-bond donors (Lipinski definition) is 2. The van der Waals surface area contributed by atoms with E-state index in [4.69, 9.17) is 5.84 Å². The Balaban J connectivity index is 2.81. The van der Waals surface area contributed by atoms with Crippen LogP contribution < -0.4 is 11.3 Å². The molecule has 3 nitrogen and oxygen atoms in total. The highest BCUT2D eigenvalue weighted by molar-refractivity contribution is 5.01. The van der Waals surface area contributed by atoms with Crippen molar-refractivity contribution in [1.82, 2.24) is 10.3 Å². The minimum absolute atomic E-state index is 0.242. The zero-order valence-corrected chi connectivity index (χ0v) is 15.1. The maximum atomic E-state index is 6.03. The van der Waals surface area contributed by atoms with Crippen LogP contribution in [-0.2, 0) is 0 Å². The van der Waals surface area contributed by atoms with Crippen LogP contribution in [0.15, 0.2) is 0 Å². The fourth-order valence-electron chi connectivity index (χ4n) is 4.36. The van der Waals surface area contributed by atoms with Gasteiger partial charge in [0.2, 0.25) is 0 Å². The molecule has 0 aromatic rings. The highest BCUT2D eigenvalue weighted by atomic mass is 15.3. The summed E-state index contributed by atoms with van der Waals surface area (Å²) in [4.78, 5) is 2.46. The Bertz CT molecular complexity index is 280. The van der Waals surface area contributed by atoms with Gasteiger partial charge in [-0.05, 0) is 45.2 Å². The van der Waals surface area contributed by atoms with E-state index in [0.29, 0.717) is 6.04 Å². The van der Waals surface area contributed by atoms with Gasteiger partial charge in [-0.25, -0.2) is 0 Å². The second-order valence-electron chi connectivity index (χ2n) is 7.57. The first-order chi connectivity index (χ1) is 10.00. The lowest BCUT2D eigenvalue weighted by atomic mass is 9.69. The number of likely N-dealkylation sites (N-methyl/N-ethyl adjacent to an activating group) is 1. The maximum Gasteiger partial charge on any atom is 0.0397 e. The fourth-order valence-corrected chi connectivity index (χ4v) is 4.36. The molecule has 1 rings (SSSR count). The molecule has 1 fully saturated rings. The van der Waals surface area contributed by atoms with E-state index in [-0.39, 0.29) is 5.54 Å². The first-order valence-corrected chi connectivity index (χ1v) is 9.13. The third-order valence-corrected chi connectivity index (χ3v) is 5.86. The molecule has 1 aliphatic carbocycles. The molecular weight excluding hydrogens is 258 g/mol. The SMILES string of the molecule is CCCCC(CC)CC(NN)C1(N(C)C)CCCC(C)C1. The Kier molecular flexibility index (Phi) is 8.22. The molecule has 0 aromatic heterocycles. The Hall–Kier alpha value is -0.120. The number of rotatable bonds is 9. The zero-order chi connectivity index (χ0) is 15.9. The number of nitrogens with zero attached hydrogens (tertiary/aromatic N) is 1. The number of hydrogen-bond acceptors (Lipinski definition) is 3. The molecule has 0 radical (unpaired) electrons. The summed E-state index contributed by atoms with van der Waals surface area (Å²) in [6.07, 6.45) is 11.8. The van der Waals surface area contributed by atoms with Gasteiger partial charge in [-0.15, -0.1) is 0 Å². The van der Waals surface area contributed by atoms with Gasteiger partial charge in [0.25, 0.3) is 0 Å². The van der Waals surface area contributed by atoms with Crippen LogP contribution in [0.4, 0.5) is 0 Å². The van der Waals surface area contributed by atoms with E-state index in [2.05, 4.69) is 45.2 Å². The third kappa shape index (κ3) is 4.94. The van der Waals surface area contributed by atoms with Crippen LogP contribution in [0.2, 0.25) is 0 Å². The topological polar surface area (TPSA) is 41.3 Å². The van der Waals surface area contributed by atoms with Gasteiger partial charge < -0.3 is 4.90 Å². The molecule has 21 heavy (non-hydrogen) atoms. The molecule has 0 spiro atoms. The summed E-state index contributed by atoms with van der Waals surface area (Å²) in [6, 6.07) is 0.414. The maximum absolute atomic E-state index is 6.03. The van der Waals surface area contributed by atoms with Gasteiger partial charge in [0.15, 0.2) is 0 Å². The second kappa shape index (κ2) is 9.12. The smallest absolute Gasteiger partial charge is 0.0397 e. The molecule has 0 aromatic carbocycles. The van der Waals surface area contributed by atoms with Gasteiger partial charge in [-0.2, -0.15) is 0 Å². The molecule has 3 N–H and O–H groups in total. The summed E-state index contributed by atoms with van der Waals surface area (Å²) < 4.78 is 0. The molecule has 0 saturated heterocycles. The van der Waals surface area contributed by atoms with Gasteiger partial charge in [-0.1, -0.05) is 59.3 Å². The van der Waals surface area contributed by atoms with Crippen LogP contribution in [0.5, 0.6) is 0 Å². The van der Waals surface area contributed by atoms with Crippen molar-refractivity contribution in [3.05, 3.63) is 0 Å². The predicted octanol–water partition coefficient (Wildman–Crippen LogP) is 3.94. The Morgan fingerprint density at radius 1 is 1.33 bits per heavy atom. The summed E-state index contributed by atoms with van der Waals surface area (Å²) in [5.74, 6) is 7.65. The molecule has 3 heteroatoms. The van der Waals surface area contributed by atoms with Crippen molar-refractivity contribution in [3.63, 3.8) is 0 Å². The quantitative estimate of drug-likeness (QED) is 0.500. The summed E-state index contributed by atoms with van der Waals surface area (Å²) in [7, 11) is 4.49. The first kappa shape index (κ1) is 18.9. The van der Waals surface area contributed by atoms with E-state index in [1.165, 1.54) is 57.8 Å². The van der Waals surface area contributed by atoms with Gasteiger partial charge in [0, 0.05) is 11.6 Å². The Morgan fingerprint density at radius 2 is 2.05 bits per heavy atom. The predicted molar refractivity (Wildman–Crippen MR) is 93.1 cm³/mol. The lowest BCUT2D eigenvalue weighted by molar-refractivity contribution is 0.0276. The largest absolute Gasteiger partial charge is 0.302 e. The molecule has 0 aliphatic heterocycles. The summed E-state index contributed by atoms with van der Waals surface area (Å²) in [6.45, 7) is 7.02. The lowest BCUT2D eigenvalue weighted by Gasteiger charge is -2.50. The number of hydrazine groups is 1. The number of nitrogens with two attached hydrogens (primary N) is 1. The second-order valence-corrected chi connectivity index (χ2v) is 7.57. The monoisotopic (exact) mass is 297 g/mol. The normalized spacial score (nSPS) is 29.6. The van der Waals surface area contributed by atoms with Crippen molar-refractivity contribution in [2.75, 3.05) is 14.1 Å². The molecule has 1 aliphatic rings. The van der Waals surface area contributed by atoms with E-state index in [9.17, 15) is 0 Å². The van der Waals surface area contributed by atoms with Crippen molar-refractivity contribution in [2.45, 2.75) is 90.1 Å². The first-order valence-electron chi connectivity index (χ1n) is 9.13. The van der Waals surface area contributed by atoms with Crippen LogP contribution in [0, 0.1) is 11.8 Å². The minimum Gasteiger partial charge on any atom is -0.302 e. The van der Waals surface area contributed by atoms with Gasteiger partial charge in [-0.3, -0.25) is 11.3 Å². The Morgan fingerprint density at radius 3 is 2.52 bits per heavy atom. The molecule has 0 heterocycles. The Labute approximate surface area is 133 Å². The van der Waals surface area contributed by atoms with Crippen LogP contribution in [-0.4, -0.2) is 30.6 Å². The zero-order valence-electron chi connectivity index (χ0n) is 15.1. The molecule has 4 atom stereocenters. The molecule has 4 unspecified atom stereocenters. The average molecular weight is 298 g/mol. The molecule has 0 amide bonds. The van der Waals surface area contributed by atoms with Crippen molar-refractivity contribution in [2.24, 2.45) is 17.7 Å². The lowest BCUT2D eigenvalue weighted by Crippen LogP contribution is -2.62. The van der Waals surface area contributed by atoms with Gasteiger partial charge >= 0.3 is 0 Å². The number of nitrogens with one attached hydrogen (secondary N) is 1. The molecule has 0 bridgehead atoms. The minimum atomic E-state index is 0.242. The summed E-state index contributed by atoms with van der Waals surface area (Å²) in [5.41, 5.74) is 3.46. The summed E-state index contributed by atoms with van der Waals surface area (Å²) in [5, 5.41) is 0. The molecular formula is C18H39N3. The summed E-state index contributed by atoms with van der Waals surface area (Å²) >= 11 is 0. The van der Waals surface area contributed by atoms with Crippen LogP contribution in [0.3, 0.4) is 0 Å². The van der Waals surface area contributed by atoms with Crippen molar-refractivity contribution >= 4 is 0 Å². The standard InChI is InChI=1S/C18H39N3/c1-6-8-11-16(7-2)13-17(20-19)18(21(4)5)12-9-10-15(3)14-18/h15-17,20H,6-14,19H2,1-5H3. The van der Waals surface area contributed by atoms with E-state index < -0.39 is 0 Å². The van der Waals surface area contributed by atoms with Crippen LogP contribution in [0.25, 0.3) is 0 Å². The van der Waals surface area contributed by atoms with Crippen molar-refractivity contribution < 1.29 is 0 Å².